The molecular formula is C16H20FN3O4. The minimum absolute atomic E-state index is 0.0665. The third-order valence-electron chi connectivity index (χ3n) is 2.78. The average molecular weight is 337 g/mol. The Labute approximate surface area is 139 Å². The van der Waals surface area contributed by atoms with Crippen molar-refractivity contribution >= 4 is 17.7 Å². The van der Waals surface area contributed by atoms with Crippen LogP contribution in [0, 0.1) is 17.1 Å². The Morgan fingerprint density at radius 1 is 1.42 bits per heavy atom. The van der Waals surface area contributed by atoms with E-state index in [1.54, 1.807) is 26.8 Å². The van der Waals surface area contributed by atoms with Gasteiger partial charge < -0.3 is 20.5 Å². The molecule has 0 fully saturated rings. The first-order chi connectivity index (χ1) is 11.2. The third-order valence-corrected chi connectivity index (χ3v) is 2.78. The average Bonchev–Trinajstić information content (AvgIpc) is 2.46. The Morgan fingerprint density at radius 3 is 2.58 bits per heavy atom. The van der Waals surface area contributed by atoms with Gasteiger partial charge in [0.2, 0.25) is 5.91 Å². The zero-order chi connectivity index (χ0) is 18.3. The molecule has 0 radical (unpaired) electrons. The quantitative estimate of drug-likeness (QED) is 0.760. The lowest BCUT2D eigenvalue weighted by Gasteiger charge is -2.23. The number of carbonyl (C=O) groups excluding carboxylic acids is 2. The van der Waals surface area contributed by atoms with Crippen molar-refractivity contribution in [3.8, 4) is 6.07 Å². The predicted octanol–water partition coefficient (Wildman–Crippen LogP) is 1.91. The van der Waals surface area contributed by atoms with Crippen molar-refractivity contribution in [2.45, 2.75) is 38.8 Å². The number of nitrogens with zero attached hydrogens (tertiary/aromatic N) is 1. The van der Waals surface area contributed by atoms with Crippen LogP contribution in [0.4, 0.5) is 14.9 Å². The molecule has 1 rings (SSSR count). The molecule has 1 aromatic carbocycles. The van der Waals surface area contributed by atoms with Crippen LogP contribution in [-0.4, -0.2) is 35.4 Å². The Hall–Kier alpha value is -2.66. The number of hydrogen-bond acceptors (Lipinski definition) is 5. The first kappa shape index (κ1) is 19.4. The summed E-state index contributed by atoms with van der Waals surface area (Å²) in [6.45, 7) is 4.64. The second-order valence-corrected chi connectivity index (χ2v) is 6.01. The van der Waals surface area contributed by atoms with E-state index in [4.69, 9.17) is 15.1 Å². The van der Waals surface area contributed by atoms with E-state index in [0.29, 0.717) is 0 Å². The molecule has 3 N–H and O–H groups in total. The molecule has 1 aromatic rings. The van der Waals surface area contributed by atoms with Gasteiger partial charge >= 0.3 is 6.09 Å². The Kier molecular flexibility index (Phi) is 6.68. The highest BCUT2D eigenvalue weighted by Gasteiger charge is 2.24. The minimum atomic E-state index is -1.10. The van der Waals surface area contributed by atoms with Gasteiger partial charge in [0.15, 0.2) is 0 Å². The topological polar surface area (TPSA) is 111 Å². The fraction of sp³-hybridized carbons (Fsp3) is 0.438. The highest BCUT2D eigenvalue weighted by Crippen LogP contribution is 2.16. The molecule has 2 amide bonds. The normalized spacial score (nSPS) is 12.0. The molecule has 0 aliphatic heterocycles. The molecule has 0 unspecified atom stereocenters. The van der Waals surface area contributed by atoms with Gasteiger partial charge in [0.25, 0.3) is 0 Å². The number of nitrogens with one attached hydrogen (secondary N) is 2. The van der Waals surface area contributed by atoms with Crippen LogP contribution in [-0.2, 0) is 9.53 Å². The molecule has 24 heavy (non-hydrogen) atoms. The van der Waals surface area contributed by atoms with Crippen LogP contribution in [0.2, 0.25) is 0 Å². The van der Waals surface area contributed by atoms with Crippen molar-refractivity contribution < 1.29 is 23.8 Å². The van der Waals surface area contributed by atoms with Crippen LogP contribution in [0.5, 0.6) is 0 Å². The van der Waals surface area contributed by atoms with Gasteiger partial charge in [-0.05, 0) is 45.4 Å². The molecule has 8 heteroatoms. The predicted molar refractivity (Wildman–Crippen MR) is 84.6 cm³/mol. The van der Waals surface area contributed by atoms with Crippen LogP contribution in [0.3, 0.4) is 0 Å². The van der Waals surface area contributed by atoms with Crippen LogP contribution in [0.1, 0.15) is 32.8 Å². The summed E-state index contributed by atoms with van der Waals surface area (Å²) in [6, 6.07) is 4.26. The summed E-state index contributed by atoms with van der Waals surface area (Å²) in [5.74, 6) is -1.49. The number of ether oxygens (including phenoxy) is 1. The van der Waals surface area contributed by atoms with E-state index in [2.05, 4.69) is 10.6 Å². The molecule has 0 heterocycles. The molecule has 0 saturated heterocycles. The number of carbonyl (C=O) groups is 2. The van der Waals surface area contributed by atoms with E-state index < -0.39 is 29.5 Å². The van der Waals surface area contributed by atoms with E-state index in [0.717, 1.165) is 6.07 Å². The van der Waals surface area contributed by atoms with Crippen LogP contribution in [0.15, 0.2) is 18.2 Å². The summed E-state index contributed by atoms with van der Waals surface area (Å²) in [5.41, 5.74) is -0.763. The first-order valence-electron chi connectivity index (χ1n) is 7.27. The smallest absolute Gasteiger partial charge is 0.408 e. The number of hydrogen-bond donors (Lipinski definition) is 3. The first-order valence-corrected chi connectivity index (χ1v) is 7.27. The molecule has 1 atom stereocenters. The van der Waals surface area contributed by atoms with Gasteiger partial charge in [-0.25, -0.2) is 9.18 Å². The van der Waals surface area contributed by atoms with E-state index in [1.165, 1.54) is 12.1 Å². The van der Waals surface area contributed by atoms with Crippen LogP contribution >= 0.6 is 0 Å². The van der Waals surface area contributed by atoms with Gasteiger partial charge in [0, 0.05) is 6.61 Å². The Bertz CT molecular complexity index is 650. The number of aliphatic hydroxyl groups is 1. The van der Waals surface area contributed by atoms with E-state index in [9.17, 15) is 14.0 Å². The van der Waals surface area contributed by atoms with Gasteiger partial charge in [-0.15, -0.1) is 0 Å². The van der Waals surface area contributed by atoms with E-state index >= 15 is 0 Å². The fourth-order valence-corrected chi connectivity index (χ4v) is 1.75. The summed E-state index contributed by atoms with van der Waals surface area (Å²) < 4.78 is 18.9. The summed E-state index contributed by atoms with van der Waals surface area (Å²) >= 11 is 0. The molecular weight excluding hydrogens is 317 g/mol. The second-order valence-electron chi connectivity index (χ2n) is 6.01. The van der Waals surface area contributed by atoms with Crippen molar-refractivity contribution in [3.63, 3.8) is 0 Å². The van der Waals surface area contributed by atoms with Gasteiger partial charge in [0.1, 0.15) is 17.5 Å². The van der Waals surface area contributed by atoms with Crippen molar-refractivity contribution in [1.82, 2.24) is 5.32 Å². The van der Waals surface area contributed by atoms with Crippen molar-refractivity contribution in [2.75, 3.05) is 11.9 Å². The standard InChI is InChI=1S/C16H20FN3O4/c1-16(2,3)24-15(23)20-13(6-7-21)14(22)19-12-5-4-10(9-18)8-11(12)17/h4-5,8,13,21H,6-7H2,1-3H3,(H,19,22)(H,20,23)/t13-/m0/s1. The zero-order valence-electron chi connectivity index (χ0n) is 13.7. The second kappa shape index (κ2) is 8.26. The third kappa shape index (κ3) is 6.22. The van der Waals surface area contributed by atoms with Crippen molar-refractivity contribution in [2.24, 2.45) is 0 Å². The van der Waals surface area contributed by atoms with Crippen LogP contribution in [0.25, 0.3) is 0 Å². The van der Waals surface area contributed by atoms with Gasteiger partial charge in [0.05, 0.1) is 17.3 Å². The van der Waals surface area contributed by atoms with E-state index in [1.807, 2.05) is 0 Å². The monoisotopic (exact) mass is 337 g/mol. The molecule has 7 nitrogen and oxygen atoms in total. The molecule has 0 spiro atoms. The largest absolute Gasteiger partial charge is 0.444 e. The molecule has 130 valence electrons. The number of benzene rings is 1. The molecule has 0 bridgehead atoms. The molecule has 0 saturated carbocycles. The maximum atomic E-state index is 13.8. The number of nitriles is 1. The summed E-state index contributed by atoms with van der Waals surface area (Å²) in [6.07, 6.45) is -0.889. The van der Waals surface area contributed by atoms with E-state index in [-0.39, 0.29) is 24.3 Å². The number of aliphatic hydroxyl groups excluding tert-OH is 1. The molecule has 0 aromatic heterocycles. The van der Waals surface area contributed by atoms with Gasteiger partial charge in [-0.3, -0.25) is 4.79 Å². The Balaban J connectivity index is 2.80. The maximum absolute atomic E-state index is 13.8. The zero-order valence-corrected chi connectivity index (χ0v) is 13.7. The lowest BCUT2D eigenvalue weighted by Crippen LogP contribution is -2.46. The summed E-state index contributed by atoms with van der Waals surface area (Å²) in [4.78, 5) is 23.9. The minimum Gasteiger partial charge on any atom is -0.444 e. The Morgan fingerprint density at radius 2 is 2.08 bits per heavy atom. The maximum Gasteiger partial charge on any atom is 0.408 e. The van der Waals surface area contributed by atoms with Crippen molar-refractivity contribution in [3.05, 3.63) is 29.6 Å². The molecule has 0 aliphatic carbocycles. The summed E-state index contributed by atoms with van der Waals surface area (Å²) in [7, 11) is 0. The van der Waals surface area contributed by atoms with Gasteiger partial charge in [-0.1, -0.05) is 0 Å². The van der Waals surface area contributed by atoms with Gasteiger partial charge in [-0.2, -0.15) is 5.26 Å². The SMILES string of the molecule is CC(C)(C)OC(=O)N[C@@H](CCO)C(=O)Nc1ccc(C#N)cc1F. The highest BCUT2D eigenvalue weighted by molar-refractivity contribution is 5.96. The summed E-state index contributed by atoms with van der Waals surface area (Å²) in [5, 5.41) is 22.4. The lowest BCUT2D eigenvalue weighted by molar-refractivity contribution is -0.118. The highest BCUT2D eigenvalue weighted by atomic mass is 19.1. The lowest BCUT2D eigenvalue weighted by atomic mass is 10.1. The number of rotatable bonds is 5. The number of alkyl carbamates (subject to hydrolysis) is 1. The fourth-order valence-electron chi connectivity index (χ4n) is 1.75. The molecule has 0 aliphatic rings. The number of halogens is 1. The van der Waals surface area contributed by atoms with Crippen molar-refractivity contribution in [1.29, 1.82) is 5.26 Å². The number of amides is 2. The van der Waals surface area contributed by atoms with Crippen LogP contribution < -0.4 is 10.6 Å². The number of anilines is 1.